The van der Waals surface area contributed by atoms with Crippen LogP contribution in [0.15, 0.2) is 61.8 Å². The minimum atomic E-state index is 1.17. The van der Waals surface area contributed by atoms with E-state index in [0.29, 0.717) is 0 Å². The van der Waals surface area contributed by atoms with Crippen molar-refractivity contribution in [1.29, 1.82) is 0 Å². The maximum absolute atomic E-state index is 4.89. The van der Waals surface area contributed by atoms with Gasteiger partial charge in [0.05, 0.1) is 0 Å². The molecule has 0 aliphatic rings. The Labute approximate surface area is 79.9 Å². The predicted molar refractivity (Wildman–Crippen MR) is 60.1 cm³/mol. The Balaban J connectivity index is 0.000000252. The topological polar surface area (TPSA) is 26.0 Å². The summed E-state index contributed by atoms with van der Waals surface area (Å²) in [5.74, 6) is 0. The van der Waals surface area contributed by atoms with Crippen LogP contribution in [0, 0.1) is 0 Å². The first kappa shape index (κ1) is 11.2. The summed E-state index contributed by atoms with van der Waals surface area (Å²) in [6.07, 6.45) is 6.56. The lowest BCUT2D eigenvalue weighted by molar-refractivity contribution is 1.61. The molecule has 0 bridgehead atoms. The molecule has 0 aliphatic heterocycles. The van der Waals surface area contributed by atoms with Gasteiger partial charge in [0.15, 0.2) is 0 Å². The van der Waals surface area contributed by atoms with Gasteiger partial charge in [-0.1, -0.05) is 55.6 Å². The lowest BCUT2D eigenvalue weighted by Crippen LogP contribution is -1.71. The first-order valence-corrected chi connectivity index (χ1v) is 4.02. The Morgan fingerprint density at radius 3 is 1.92 bits per heavy atom. The first-order chi connectivity index (χ1) is 6.35. The summed E-state index contributed by atoms with van der Waals surface area (Å²) in [7, 11) is 0. The van der Waals surface area contributed by atoms with Crippen LogP contribution in [0.2, 0.25) is 0 Å². The van der Waals surface area contributed by atoms with Gasteiger partial charge < -0.3 is 5.73 Å². The number of allylic oxidation sites excluding steroid dienone is 2. The molecule has 0 aromatic heterocycles. The van der Waals surface area contributed by atoms with Crippen molar-refractivity contribution in [2.45, 2.75) is 0 Å². The molecular weight excluding hydrogens is 158 g/mol. The van der Waals surface area contributed by atoms with Crippen molar-refractivity contribution in [2.75, 3.05) is 0 Å². The van der Waals surface area contributed by atoms with Crippen LogP contribution in [-0.4, -0.2) is 0 Å². The molecule has 1 aromatic carbocycles. The molecule has 0 amide bonds. The maximum Gasteiger partial charge on any atom is -0.00626 e. The van der Waals surface area contributed by atoms with E-state index < -0.39 is 0 Å². The summed E-state index contributed by atoms with van der Waals surface area (Å²) in [5, 5.41) is 0. The first-order valence-electron chi connectivity index (χ1n) is 4.02. The van der Waals surface area contributed by atoms with E-state index in [9.17, 15) is 0 Å². The highest BCUT2D eigenvalue weighted by Crippen LogP contribution is 1.97. The van der Waals surface area contributed by atoms with Gasteiger partial charge in [-0.25, -0.2) is 0 Å². The van der Waals surface area contributed by atoms with Crippen LogP contribution in [0.4, 0.5) is 0 Å². The van der Waals surface area contributed by atoms with E-state index in [4.69, 9.17) is 5.73 Å². The molecule has 0 unspecified atom stereocenters. The molecule has 1 rings (SSSR count). The average Bonchev–Trinajstić information content (AvgIpc) is 2.21. The Hall–Kier alpha value is -1.76. The molecule has 0 radical (unpaired) electrons. The van der Waals surface area contributed by atoms with Gasteiger partial charge >= 0.3 is 0 Å². The third-order valence-electron chi connectivity index (χ3n) is 1.28. The summed E-state index contributed by atoms with van der Waals surface area (Å²) < 4.78 is 0. The molecular formula is C12H15N. The number of hydrogen-bond acceptors (Lipinski definition) is 1. The molecule has 0 atom stereocenters. The molecule has 0 saturated heterocycles. The van der Waals surface area contributed by atoms with Gasteiger partial charge in [-0.15, -0.1) is 0 Å². The lowest BCUT2D eigenvalue weighted by atomic mass is 10.2. The van der Waals surface area contributed by atoms with E-state index >= 15 is 0 Å². The molecule has 1 nitrogen and oxygen atoms in total. The van der Waals surface area contributed by atoms with Crippen molar-refractivity contribution in [1.82, 2.24) is 0 Å². The molecule has 0 heterocycles. The highest BCUT2D eigenvalue weighted by atomic mass is 14.5. The Morgan fingerprint density at radius 1 is 1.08 bits per heavy atom. The monoisotopic (exact) mass is 173 g/mol. The van der Waals surface area contributed by atoms with E-state index in [2.05, 4.69) is 13.2 Å². The van der Waals surface area contributed by atoms with Crippen molar-refractivity contribution in [3.8, 4) is 0 Å². The second kappa shape index (κ2) is 8.34. The van der Waals surface area contributed by atoms with Gasteiger partial charge in [0.25, 0.3) is 0 Å². The van der Waals surface area contributed by atoms with E-state index in [1.807, 2.05) is 36.4 Å². The normalized spacial score (nSPS) is 8.62. The zero-order valence-electron chi connectivity index (χ0n) is 7.69. The van der Waals surface area contributed by atoms with Gasteiger partial charge in [-0.3, -0.25) is 0 Å². The second-order valence-corrected chi connectivity index (χ2v) is 2.24. The fourth-order valence-corrected chi connectivity index (χ4v) is 0.668. The van der Waals surface area contributed by atoms with Crippen molar-refractivity contribution in [3.05, 3.63) is 67.4 Å². The Morgan fingerprint density at radius 2 is 1.69 bits per heavy atom. The summed E-state index contributed by atoms with van der Waals surface area (Å²) in [6.45, 7) is 7.01. The average molecular weight is 173 g/mol. The van der Waals surface area contributed by atoms with Crippen LogP contribution in [-0.2, 0) is 0 Å². The second-order valence-electron chi connectivity index (χ2n) is 2.24. The standard InChI is InChI=1S/C8H8.C4H7N/c1-2-8-6-4-3-5-7-8;1-2-3-4-5/h2-7H,1H2;2-4H,1,5H2. The van der Waals surface area contributed by atoms with Crippen LogP contribution < -0.4 is 5.73 Å². The van der Waals surface area contributed by atoms with Crippen molar-refractivity contribution in [3.63, 3.8) is 0 Å². The summed E-state index contributed by atoms with van der Waals surface area (Å²) >= 11 is 0. The van der Waals surface area contributed by atoms with Crippen LogP contribution in [0.25, 0.3) is 6.08 Å². The lowest BCUT2D eigenvalue weighted by Gasteiger charge is -1.85. The molecule has 0 fully saturated rings. The molecule has 1 heteroatoms. The van der Waals surface area contributed by atoms with Crippen molar-refractivity contribution >= 4 is 6.08 Å². The molecule has 1 aromatic rings. The number of rotatable bonds is 2. The summed E-state index contributed by atoms with van der Waals surface area (Å²) in [4.78, 5) is 0. The maximum atomic E-state index is 4.89. The zero-order chi connectivity index (χ0) is 9.94. The van der Waals surface area contributed by atoms with Gasteiger partial charge in [-0.05, 0) is 17.8 Å². The molecule has 0 aliphatic carbocycles. The molecule has 2 N–H and O–H groups in total. The minimum absolute atomic E-state index is 1.17. The van der Waals surface area contributed by atoms with Gasteiger partial charge in [0.2, 0.25) is 0 Å². The fraction of sp³-hybridized carbons (Fsp3) is 0. The highest BCUT2D eigenvalue weighted by molar-refractivity contribution is 5.45. The minimum Gasteiger partial charge on any atom is -0.405 e. The Kier molecular flexibility index (Phi) is 7.21. The number of hydrogen-bond donors (Lipinski definition) is 1. The number of benzene rings is 1. The third-order valence-corrected chi connectivity index (χ3v) is 1.28. The smallest absolute Gasteiger partial charge is 0.00626 e. The predicted octanol–water partition coefficient (Wildman–Crippen LogP) is 2.97. The Bertz CT molecular complexity index is 260. The van der Waals surface area contributed by atoms with Crippen LogP contribution in [0.1, 0.15) is 5.56 Å². The van der Waals surface area contributed by atoms with Crippen LogP contribution in [0.3, 0.4) is 0 Å². The third kappa shape index (κ3) is 6.63. The summed E-state index contributed by atoms with van der Waals surface area (Å²) in [6, 6.07) is 10.0. The quantitative estimate of drug-likeness (QED) is 0.684. The van der Waals surface area contributed by atoms with Gasteiger partial charge in [0, 0.05) is 0 Å². The van der Waals surface area contributed by atoms with E-state index in [0.717, 1.165) is 0 Å². The largest absolute Gasteiger partial charge is 0.405 e. The van der Waals surface area contributed by atoms with Gasteiger partial charge in [0.1, 0.15) is 0 Å². The van der Waals surface area contributed by atoms with E-state index in [1.54, 1.807) is 12.2 Å². The highest BCUT2D eigenvalue weighted by Gasteiger charge is 1.75. The van der Waals surface area contributed by atoms with Gasteiger partial charge in [-0.2, -0.15) is 0 Å². The fourth-order valence-electron chi connectivity index (χ4n) is 0.668. The molecule has 0 spiro atoms. The molecule has 68 valence electrons. The van der Waals surface area contributed by atoms with Crippen LogP contribution in [0.5, 0.6) is 0 Å². The van der Waals surface area contributed by atoms with E-state index in [1.165, 1.54) is 11.8 Å². The number of nitrogens with two attached hydrogens (primary N) is 1. The van der Waals surface area contributed by atoms with Crippen molar-refractivity contribution < 1.29 is 0 Å². The summed E-state index contributed by atoms with van der Waals surface area (Å²) in [5.41, 5.74) is 6.06. The van der Waals surface area contributed by atoms with Crippen LogP contribution >= 0.6 is 0 Å². The van der Waals surface area contributed by atoms with Crippen molar-refractivity contribution in [2.24, 2.45) is 5.73 Å². The van der Waals surface area contributed by atoms with E-state index in [-0.39, 0.29) is 0 Å². The zero-order valence-corrected chi connectivity index (χ0v) is 7.69. The SMILES string of the molecule is C=CC=CN.C=Cc1ccccc1. The molecule has 0 saturated carbocycles. The molecule has 13 heavy (non-hydrogen) atoms.